The number of ether oxygens (including phenoxy) is 1. The lowest BCUT2D eigenvalue weighted by Crippen LogP contribution is -2.27. The molecule has 0 bridgehead atoms. The van der Waals surface area contributed by atoms with Crippen molar-refractivity contribution in [3.8, 4) is 16.3 Å². The fourth-order valence-electron chi connectivity index (χ4n) is 3.18. The second-order valence-electron chi connectivity index (χ2n) is 6.65. The molecule has 0 radical (unpaired) electrons. The average Bonchev–Trinajstić information content (AvgIpc) is 3.35. The molecule has 2 N–H and O–H groups in total. The molecule has 0 aliphatic carbocycles. The van der Waals surface area contributed by atoms with Crippen LogP contribution in [0.5, 0.6) is 5.75 Å². The minimum atomic E-state index is -0.265. The van der Waals surface area contributed by atoms with E-state index in [2.05, 4.69) is 15.3 Å². The molecule has 2 heterocycles. The number of benzene rings is 2. The van der Waals surface area contributed by atoms with Gasteiger partial charge in [-0.25, -0.2) is 9.37 Å². The van der Waals surface area contributed by atoms with Crippen LogP contribution in [0.25, 0.3) is 21.5 Å². The molecule has 1 amide bonds. The van der Waals surface area contributed by atoms with Gasteiger partial charge in [-0.3, -0.25) is 4.79 Å². The summed E-state index contributed by atoms with van der Waals surface area (Å²) < 4.78 is 18.6. The molecule has 7 heteroatoms. The summed E-state index contributed by atoms with van der Waals surface area (Å²) in [6.45, 7) is 0.484. The number of H-pyrrole nitrogens is 1. The van der Waals surface area contributed by atoms with Gasteiger partial charge in [0.2, 0.25) is 5.91 Å². The van der Waals surface area contributed by atoms with Gasteiger partial charge in [0.05, 0.1) is 19.2 Å². The van der Waals surface area contributed by atoms with Gasteiger partial charge in [0.1, 0.15) is 16.6 Å². The van der Waals surface area contributed by atoms with Crippen LogP contribution >= 0.6 is 11.3 Å². The van der Waals surface area contributed by atoms with Gasteiger partial charge in [0.15, 0.2) is 0 Å². The summed E-state index contributed by atoms with van der Waals surface area (Å²) in [6.07, 6.45) is 2.72. The number of nitrogens with zero attached hydrogens (tertiary/aromatic N) is 1. The number of thiazole rings is 1. The normalized spacial score (nSPS) is 11.0. The Kier molecular flexibility index (Phi) is 5.57. The van der Waals surface area contributed by atoms with Crippen molar-refractivity contribution in [2.24, 2.45) is 0 Å². The molecule has 0 aliphatic rings. The zero-order valence-corrected chi connectivity index (χ0v) is 16.7. The first-order valence-corrected chi connectivity index (χ1v) is 10.1. The molecule has 5 nitrogen and oxygen atoms in total. The smallest absolute Gasteiger partial charge is 0.226 e. The zero-order chi connectivity index (χ0) is 20.2. The van der Waals surface area contributed by atoms with Crippen LogP contribution in [0.15, 0.2) is 54.0 Å². The minimum absolute atomic E-state index is 0.0809. The highest BCUT2D eigenvalue weighted by molar-refractivity contribution is 7.13. The molecule has 0 atom stereocenters. The van der Waals surface area contributed by atoms with Gasteiger partial charge in [-0.15, -0.1) is 11.3 Å². The van der Waals surface area contributed by atoms with E-state index in [0.29, 0.717) is 13.0 Å². The number of rotatable bonds is 7. The third-order valence-corrected chi connectivity index (χ3v) is 5.62. The zero-order valence-electron chi connectivity index (χ0n) is 15.9. The maximum Gasteiger partial charge on any atom is 0.226 e. The van der Waals surface area contributed by atoms with E-state index in [4.69, 9.17) is 4.74 Å². The number of methoxy groups -OCH3 is 1. The van der Waals surface area contributed by atoms with E-state index in [1.165, 1.54) is 23.5 Å². The van der Waals surface area contributed by atoms with Gasteiger partial charge in [-0.05, 0) is 54.4 Å². The van der Waals surface area contributed by atoms with Gasteiger partial charge in [0, 0.05) is 34.6 Å². The van der Waals surface area contributed by atoms with Crippen LogP contribution in [0.3, 0.4) is 0 Å². The van der Waals surface area contributed by atoms with Gasteiger partial charge < -0.3 is 15.0 Å². The first-order valence-electron chi connectivity index (χ1n) is 9.23. The molecule has 0 saturated heterocycles. The molecule has 0 unspecified atom stereocenters. The highest BCUT2D eigenvalue weighted by Gasteiger charge is 2.10. The van der Waals surface area contributed by atoms with Crippen molar-refractivity contribution in [1.82, 2.24) is 15.3 Å². The Balaban J connectivity index is 1.31. The molecule has 4 rings (SSSR count). The molecule has 148 valence electrons. The van der Waals surface area contributed by atoms with Crippen molar-refractivity contribution in [3.63, 3.8) is 0 Å². The summed E-state index contributed by atoms with van der Waals surface area (Å²) in [5.41, 5.74) is 3.61. The maximum absolute atomic E-state index is 13.5. The van der Waals surface area contributed by atoms with E-state index in [9.17, 15) is 9.18 Å². The molecule has 0 aliphatic heterocycles. The maximum atomic E-state index is 13.5. The van der Waals surface area contributed by atoms with Crippen molar-refractivity contribution in [1.29, 1.82) is 0 Å². The second-order valence-corrected chi connectivity index (χ2v) is 7.51. The van der Waals surface area contributed by atoms with Crippen LogP contribution in [0.2, 0.25) is 0 Å². The van der Waals surface area contributed by atoms with Gasteiger partial charge >= 0.3 is 0 Å². The third-order valence-electron chi connectivity index (χ3n) is 4.68. The number of fused-ring (bicyclic) bond motifs is 1. The summed E-state index contributed by atoms with van der Waals surface area (Å²) in [7, 11) is 1.63. The predicted molar refractivity (Wildman–Crippen MR) is 113 cm³/mol. The number of nitrogens with one attached hydrogen (secondary N) is 2. The van der Waals surface area contributed by atoms with E-state index in [0.717, 1.165) is 38.5 Å². The Bertz CT molecular complexity index is 1130. The molecular formula is C22H20FN3O2S. The van der Waals surface area contributed by atoms with Crippen LogP contribution in [-0.4, -0.2) is 29.5 Å². The summed E-state index contributed by atoms with van der Waals surface area (Å²) in [6, 6.07) is 12.3. The third kappa shape index (κ3) is 4.46. The quantitative estimate of drug-likeness (QED) is 0.477. The van der Waals surface area contributed by atoms with Crippen LogP contribution in [0.4, 0.5) is 4.39 Å². The monoisotopic (exact) mass is 409 g/mol. The second kappa shape index (κ2) is 8.45. The molecule has 0 spiro atoms. The number of aromatic amines is 1. The number of aromatic nitrogens is 2. The topological polar surface area (TPSA) is 67.0 Å². The van der Waals surface area contributed by atoms with E-state index >= 15 is 0 Å². The number of hydrogen-bond acceptors (Lipinski definition) is 4. The number of halogens is 1. The minimum Gasteiger partial charge on any atom is -0.497 e. The SMILES string of the molecule is COc1ccc(-c2nc(CC(=O)NCCc3c[nH]c4ccc(F)cc34)cs2)cc1. The van der Waals surface area contributed by atoms with Crippen LogP contribution in [0, 0.1) is 5.82 Å². The van der Waals surface area contributed by atoms with Crippen LogP contribution in [-0.2, 0) is 17.6 Å². The van der Waals surface area contributed by atoms with Gasteiger partial charge in [-0.2, -0.15) is 0 Å². The van der Waals surface area contributed by atoms with Crippen molar-refractivity contribution >= 4 is 28.1 Å². The average molecular weight is 409 g/mol. The predicted octanol–water partition coefficient (Wildman–Crippen LogP) is 4.34. The fraction of sp³-hybridized carbons (Fsp3) is 0.182. The number of hydrogen-bond donors (Lipinski definition) is 2. The Labute approximate surface area is 171 Å². The Hall–Kier alpha value is -3.19. The summed E-state index contributed by atoms with van der Waals surface area (Å²) in [4.78, 5) is 19.9. The summed E-state index contributed by atoms with van der Waals surface area (Å²) >= 11 is 1.51. The van der Waals surface area contributed by atoms with E-state index < -0.39 is 0 Å². The van der Waals surface area contributed by atoms with Gasteiger partial charge in [-0.1, -0.05) is 0 Å². The lowest BCUT2D eigenvalue weighted by molar-refractivity contribution is -0.120. The fourth-order valence-corrected chi connectivity index (χ4v) is 4.00. The Morgan fingerprint density at radius 2 is 2.07 bits per heavy atom. The molecule has 29 heavy (non-hydrogen) atoms. The summed E-state index contributed by atoms with van der Waals surface area (Å²) in [5, 5.41) is 6.54. The molecule has 0 fully saturated rings. The first-order chi connectivity index (χ1) is 14.1. The highest BCUT2D eigenvalue weighted by Crippen LogP contribution is 2.26. The number of carbonyl (C=O) groups excluding carboxylic acids is 1. The molecule has 4 aromatic rings. The number of carbonyl (C=O) groups is 1. The van der Waals surface area contributed by atoms with Crippen LogP contribution < -0.4 is 10.1 Å². The molecule has 0 saturated carbocycles. The van der Waals surface area contributed by atoms with Crippen molar-refractivity contribution in [2.45, 2.75) is 12.8 Å². The van der Waals surface area contributed by atoms with Crippen LogP contribution in [0.1, 0.15) is 11.3 Å². The lowest BCUT2D eigenvalue weighted by Gasteiger charge is -2.04. The van der Waals surface area contributed by atoms with E-state index in [1.54, 1.807) is 13.2 Å². The lowest BCUT2D eigenvalue weighted by atomic mass is 10.1. The van der Waals surface area contributed by atoms with E-state index in [-0.39, 0.29) is 18.1 Å². The number of amides is 1. The highest BCUT2D eigenvalue weighted by atomic mass is 32.1. The molecule has 2 aromatic heterocycles. The van der Waals surface area contributed by atoms with Crippen molar-refractivity contribution in [3.05, 3.63) is 71.1 Å². The van der Waals surface area contributed by atoms with Crippen molar-refractivity contribution in [2.75, 3.05) is 13.7 Å². The van der Waals surface area contributed by atoms with Gasteiger partial charge in [0.25, 0.3) is 0 Å². The molecular weight excluding hydrogens is 389 g/mol. The molecule has 2 aromatic carbocycles. The Morgan fingerprint density at radius 3 is 2.86 bits per heavy atom. The summed E-state index contributed by atoms with van der Waals surface area (Å²) in [5.74, 6) is 0.448. The van der Waals surface area contributed by atoms with E-state index in [1.807, 2.05) is 35.8 Å². The first kappa shape index (κ1) is 19.1. The Morgan fingerprint density at radius 1 is 1.24 bits per heavy atom. The largest absolute Gasteiger partial charge is 0.497 e. The van der Waals surface area contributed by atoms with Crippen molar-refractivity contribution < 1.29 is 13.9 Å². The standard InChI is InChI=1S/C22H20FN3O2S/c1-28-18-5-2-14(3-6-18)22-26-17(13-29-22)11-21(27)24-9-8-15-12-25-20-7-4-16(23)10-19(15)20/h2-7,10,12-13,25H,8-9,11H2,1H3,(H,24,27).